The third-order valence-electron chi connectivity index (χ3n) is 1.99. The summed E-state index contributed by atoms with van der Waals surface area (Å²) in [6.07, 6.45) is 7.33. The molecule has 16 heavy (non-hydrogen) atoms. The van der Waals surface area contributed by atoms with Gasteiger partial charge in [0, 0.05) is 12.7 Å². The molecule has 1 aliphatic heterocycles. The second-order valence-electron chi connectivity index (χ2n) is 3.08. The minimum Gasteiger partial charge on any atom is -0.480 e. The Bertz CT molecular complexity index is 416. The second kappa shape index (κ2) is 5.62. The summed E-state index contributed by atoms with van der Waals surface area (Å²) in [6, 6.07) is 0. The molecule has 0 saturated heterocycles. The molecule has 0 spiro atoms. The van der Waals surface area contributed by atoms with Gasteiger partial charge in [0.05, 0.1) is 11.1 Å². The Morgan fingerprint density at radius 3 is 2.94 bits per heavy atom. The van der Waals surface area contributed by atoms with Crippen LogP contribution in [0.1, 0.15) is 4.88 Å². The quantitative estimate of drug-likeness (QED) is 0.885. The summed E-state index contributed by atoms with van der Waals surface area (Å²) in [6.45, 7) is 0.636. The zero-order chi connectivity index (χ0) is 10.7. The van der Waals surface area contributed by atoms with Crippen LogP contribution in [0.4, 0.5) is 0 Å². The van der Waals surface area contributed by atoms with E-state index in [1.54, 1.807) is 17.3 Å². The number of halogens is 1. The molecule has 0 bridgehead atoms. The van der Waals surface area contributed by atoms with Crippen molar-refractivity contribution in [1.82, 2.24) is 14.5 Å². The maximum atomic E-state index is 10.5. The van der Waals surface area contributed by atoms with Crippen molar-refractivity contribution >= 4 is 35.5 Å². The lowest BCUT2D eigenvalue weighted by Gasteiger charge is -2.19. The Morgan fingerprint density at radius 1 is 1.62 bits per heavy atom. The monoisotopic (exact) mass is 259 g/mol. The number of carbonyl (C=O) groups is 1. The highest BCUT2D eigenvalue weighted by molar-refractivity contribution is 7.06. The highest BCUT2D eigenvalue weighted by atomic mass is 35.5. The number of nitrogens with zero attached hydrogens (tertiary/aromatic N) is 3. The summed E-state index contributed by atoms with van der Waals surface area (Å²) in [5.41, 5.74) is 1.05. The van der Waals surface area contributed by atoms with E-state index in [1.807, 2.05) is 12.2 Å². The van der Waals surface area contributed by atoms with Crippen LogP contribution in [0.15, 0.2) is 24.5 Å². The average molecular weight is 260 g/mol. The molecule has 0 aromatic carbocycles. The summed E-state index contributed by atoms with van der Waals surface area (Å²) < 4.78 is 3.77. The number of aromatic nitrogens is 2. The molecule has 2 rings (SSSR count). The van der Waals surface area contributed by atoms with Gasteiger partial charge in [-0.25, -0.2) is 0 Å². The van der Waals surface area contributed by atoms with Gasteiger partial charge in [0.1, 0.15) is 6.54 Å². The van der Waals surface area contributed by atoms with Crippen molar-refractivity contribution < 1.29 is 9.90 Å². The van der Waals surface area contributed by atoms with E-state index in [4.69, 9.17) is 5.11 Å². The van der Waals surface area contributed by atoms with Crippen molar-refractivity contribution in [2.24, 2.45) is 0 Å². The molecule has 1 aliphatic rings. The molecule has 0 saturated carbocycles. The Balaban J connectivity index is 0.00000128. The van der Waals surface area contributed by atoms with Crippen LogP contribution in [0.25, 0.3) is 5.57 Å². The number of carboxylic acid groups (broad SMARTS) is 1. The van der Waals surface area contributed by atoms with Crippen LogP contribution < -0.4 is 0 Å². The third-order valence-corrected chi connectivity index (χ3v) is 2.71. The largest absolute Gasteiger partial charge is 0.480 e. The lowest BCUT2D eigenvalue weighted by molar-refractivity contribution is -0.137. The van der Waals surface area contributed by atoms with E-state index in [1.165, 1.54) is 11.5 Å². The lowest BCUT2D eigenvalue weighted by atomic mass is 10.1. The van der Waals surface area contributed by atoms with Gasteiger partial charge in [-0.15, -0.1) is 17.5 Å². The Morgan fingerprint density at radius 2 is 2.44 bits per heavy atom. The van der Waals surface area contributed by atoms with E-state index in [9.17, 15) is 4.79 Å². The zero-order valence-electron chi connectivity index (χ0n) is 8.24. The number of allylic oxidation sites excluding steroid dienone is 2. The van der Waals surface area contributed by atoms with Crippen LogP contribution in [-0.2, 0) is 4.79 Å². The predicted octanol–water partition coefficient (Wildman–Crippen LogP) is 1.26. The summed E-state index contributed by atoms with van der Waals surface area (Å²) in [4.78, 5) is 13.2. The van der Waals surface area contributed by atoms with E-state index in [0.29, 0.717) is 6.54 Å². The number of rotatable bonds is 3. The maximum Gasteiger partial charge on any atom is 0.323 e. The van der Waals surface area contributed by atoms with Gasteiger partial charge < -0.3 is 10.0 Å². The summed E-state index contributed by atoms with van der Waals surface area (Å²) in [7, 11) is 0. The second-order valence-corrected chi connectivity index (χ2v) is 3.87. The van der Waals surface area contributed by atoms with E-state index in [2.05, 4.69) is 9.59 Å². The fourth-order valence-corrected chi connectivity index (χ4v) is 1.83. The van der Waals surface area contributed by atoms with Crippen molar-refractivity contribution in [3.05, 3.63) is 29.4 Å². The van der Waals surface area contributed by atoms with E-state index in [0.717, 1.165) is 10.5 Å². The van der Waals surface area contributed by atoms with Crippen molar-refractivity contribution in [3.63, 3.8) is 0 Å². The molecule has 0 unspecified atom stereocenters. The van der Waals surface area contributed by atoms with Gasteiger partial charge in [-0.1, -0.05) is 10.6 Å². The first-order valence-electron chi connectivity index (χ1n) is 4.37. The maximum absolute atomic E-state index is 10.5. The molecule has 2 heterocycles. The normalized spacial score (nSPS) is 14.2. The molecule has 0 radical (unpaired) electrons. The average Bonchev–Trinajstić information content (AvgIpc) is 2.71. The highest BCUT2D eigenvalue weighted by Gasteiger charge is 2.10. The number of aliphatic carboxylic acids is 1. The number of hydrogen-bond acceptors (Lipinski definition) is 5. The third kappa shape index (κ3) is 3.04. The first-order valence-corrected chi connectivity index (χ1v) is 5.15. The molecular formula is C9H10ClN3O2S. The molecule has 0 atom stereocenters. The van der Waals surface area contributed by atoms with Crippen LogP contribution in [-0.4, -0.2) is 38.7 Å². The van der Waals surface area contributed by atoms with Crippen LogP contribution in [0.5, 0.6) is 0 Å². The van der Waals surface area contributed by atoms with Crippen molar-refractivity contribution in [2.45, 2.75) is 0 Å². The van der Waals surface area contributed by atoms with Gasteiger partial charge in [0.15, 0.2) is 0 Å². The van der Waals surface area contributed by atoms with Gasteiger partial charge in [-0.05, 0) is 23.2 Å². The zero-order valence-corrected chi connectivity index (χ0v) is 9.87. The minimum atomic E-state index is -0.823. The van der Waals surface area contributed by atoms with Crippen LogP contribution in [0.2, 0.25) is 0 Å². The predicted molar refractivity (Wildman–Crippen MR) is 63.5 cm³/mol. The molecule has 1 N–H and O–H groups in total. The Hall–Kier alpha value is -1.40. The summed E-state index contributed by atoms with van der Waals surface area (Å²) >= 11 is 1.33. The van der Waals surface area contributed by atoms with Crippen LogP contribution in [0, 0.1) is 0 Å². The summed E-state index contributed by atoms with van der Waals surface area (Å²) in [5, 5.41) is 12.4. The Kier molecular flexibility index (Phi) is 4.45. The van der Waals surface area contributed by atoms with Crippen molar-refractivity contribution in [3.8, 4) is 0 Å². The molecule has 86 valence electrons. The molecule has 0 amide bonds. The Labute approximate surface area is 103 Å². The first-order chi connectivity index (χ1) is 7.25. The van der Waals surface area contributed by atoms with Crippen LogP contribution >= 0.6 is 23.9 Å². The molecule has 1 aromatic heterocycles. The van der Waals surface area contributed by atoms with Gasteiger partial charge in [0.25, 0.3) is 0 Å². The van der Waals surface area contributed by atoms with Crippen LogP contribution in [0.3, 0.4) is 0 Å². The van der Waals surface area contributed by atoms with E-state index >= 15 is 0 Å². The highest BCUT2D eigenvalue weighted by Crippen LogP contribution is 2.20. The fraction of sp³-hybridized carbons (Fsp3) is 0.222. The smallest absolute Gasteiger partial charge is 0.323 e. The summed E-state index contributed by atoms with van der Waals surface area (Å²) in [5.74, 6) is -0.823. The van der Waals surface area contributed by atoms with Gasteiger partial charge in [-0.2, -0.15) is 0 Å². The van der Waals surface area contributed by atoms with E-state index in [-0.39, 0.29) is 19.0 Å². The molecular weight excluding hydrogens is 250 g/mol. The van der Waals surface area contributed by atoms with Crippen molar-refractivity contribution in [2.75, 3.05) is 13.1 Å². The minimum absolute atomic E-state index is 0. The number of carboxylic acids is 1. The first kappa shape index (κ1) is 12.7. The van der Waals surface area contributed by atoms with Gasteiger partial charge in [-0.3, -0.25) is 4.79 Å². The van der Waals surface area contributed by atoms with Gasteiger partial charge in [0.2, 0.25) is 0 Å². The standard InChI is InChI=1S/C9H9N3O2S.ClH/c13-9(14)6-12-3-1-7(2-4-12)8-5-10-11-15-8;/h1-3,5H,4,6H2,(H,13,14);1H. The number of hydrogen-bond donors (Lipinski definition) is 1. The topological polar surface area (TPSA) is 66.3 Å². The van der Waals surface area contributed by atoms with Gasteiger partial charge >= 0.3 is 5.97 Å². The molecule has 0 aliphatic carbocycles. The lowest BCUT2D eigenvalue weighted by Crippen LogP contribution is -2.26. The van der Waals surface area contributed by atoms with E-state index < -0.39 is 5.97 Å². The molecule has 5 nitrogen and oxygen atoms in total. The molecule has 1 aromatic rings. The SMILES string of the molecule is Cl.O=C(O)CN1C=CC(c2cnns2)=CC1. The molecule has 0 fully saturated rings. The molecule has 7 heteroatoms. The fourth-order valence-electron chi connectivity index (χ4n) is 1.30. The van der Waals surface area contributed by atoms with Crippen molar-refractivity contribution in [1.29, 1.82) is 0 Å².